The predicted molar refractivity (Wildman–Crippen MR) is 104 cm³/mol. The molecule has 1 saturated heterocycles. The molecule has 0 amide bonds. The van der Waals surface area contributed by atoms with Gasteiger partial charge in [0.1, 0.15) is 11.4 Å². The first kappa shape index (κ1) is 19.7. The van der Waals surface area contributed by atoms with E-state index < -0.39 is 0 Å². The molecule has 0 aliphatic carbocycles. The molecule has 3 heterocycles. The third-order valence-corrected chi connectivity index (χ3v) is 4.26. The Balaban J connectivity index is 1.73. The second-order valence-corrected chi connectivity index (χ2v) is 7.96. The molecule has 0 spiro atoms. The molecule has 0 saturated carbocycles. The van der Waals surface area contributed by atoms with E-state index in [0.29, 0.717) is 34.2 Å². The summed E-state index contributed by atoms with van der Waals surface area (Å²) < 4.78 is 10.5. The Labute approximate surface area is 164 Å². The van der Waals surface area contributed by atoms with Gasteiger partial charge < -0.3 is 19.7 Å². The van der Waals surface area contributed by atoms with Crippen molar-refractivity contribution in [2.24, 2.45) is 0 Å². The first-order chi connectivity index (χ1) is 12.9. The summed E-state index contributed by atoms with van der Waals surface area (Å²) in [6.45, 7) is 8.36. The Morgan fingerprint density at radius 3 is 2.74 bits per heavy atom. The van der Waals surface area contributed by atoms with Crippen LogP contribution in [0.4, 0.5) is 5.95 Å². The number of methoxy groups -OCH3 is 1. The second kappa shape index (κ2) is 8.33. The lowest BCUT2D eigenvalue weighted by Crippen LogP contribution is -2.45. The standard InChI is InChI=1S/C18H25ClN6O2/c1-18(2,3)22-13-5-6-25(10-13)17-21-9-14(23-24-17)16-15(27-11-26-4)7-12(19)8-20-16/h7-9,13,22H,5-6,10-11H2,1-4H3/t13-/m0/s1. The number of ether oxygens (including phenoxy) is 2. The molecule has 1 atom stereocenters. The van der Waals surface area contributed by atoms with E-state index in [9.17, 15) is 0 Å². The van der Waals surface area contributed by atoms with Gasteiger partial charge in [-0.2, -0.15) is 0 Å². The molecule has 1 aliphatic heterocycles. The lowest BCUT2D eigenvalue weighted by molar-refractivity contribution is 0.0513. The van der Waals surface area contributed by atoms with Crippen LogP contribution in [0.3, 0.4) is 0 Å². The Bertz CT molecular complexity index is 765. The van der Waals surface area contributed by atoms with Crippen LogP contribution in [0, 0.1) is 0 Å². The average molecular weight is 393 g/mol. The van der Waals surface area contributed by atoms with E-state index >= 15 is 0 Å². The van der Waals surface area contributed by atoms with E-state index in [0.717, 1.165) is 19.5 Å². The summed E-state index contributed by atoms with van der Waals surface area (Å²) in [5.74, 6) is 1.09. The number of rotatable bonds is 6. The molecular weight excluding hydrogens is 368 g/mol. The first-order valence-electron chi connectivity index (χ1n) is 8.86. The summed E-state index contributed by atoms with van der Waals surface area (Å²) in [7, 11) is 1.55. The molecule has 0 bridgehead atoms. The normalized spacial score (nSPS) is 17.4. The van der Waals surface area contributed by atoms with Crippen molar-refractivity contribution in [2.75, 3.05) is 31.9 Å². The molecule has 1 N–H and O–H groups in total. The van der Waals surface area contributed by atoms with Crippen LogP contribution in [0.15, 0.2) is 18.5 Å². The Morgan fingerprint density at radius 1 is 1.26 bits per heavy atom. The lowest BCUT2D eigenvalue weighted by Gasteiger charge is -2.25. The maximum Gasteiger partial charge on any atom is 0.245 e. The molecule has 1 fully saturated rings. The minimum absolute atomic E-state index is 0.0858. The predicted octanol–water partition coefficient (Wildman–Crippen LogP) is 2.54. The van der Waals surface area contributed by atoms with Gasteiger partial charge in [-0.15, -0.1) is 10.2 Å². The van der Waals surface area contributed by atoms with Crippen LogP contribution in [0.1, 0.15) is 27.2 Å². The summed E-state index contributed by atoms with van der Waals surface area (Å²) in [4.78, 5) is 10.9. The summed E-state index contributed by atoms with van der Waals surface area (Å²) >= 11 is 6.01. The van der Waals surface area contributed by atoms with Crippen LogP contribution >= 0.6 is 11.6 Å². The van der Waals surface area contributed by atoms with Gasteiger partial charge in [0, 0.05) is 44.0 Å². The number of hydrogen-bond acceptors (Lipinski definition) is 8. The molecule has 0 radical (unpaired) electrons. The van der Waals surface area contributed by atoms with Gasteiger partial charge in [-0.1, -0.05) is 11.6 Å². The van der Waals surface area contributed by atoms with Gasteiger partial charge in [-0.25, -0.2) is 9.97 Å². The number of hydrogen-bond donors (Lipinski definition) is 1. The highest BCUT2D eigenvalue weighted by Crippen LogP contribution is 2.29. The van der Waals surface area contributed by atoms with Crippen LogP contribution in [-0.4, -0.2) is 58.7 Å². The molecule has 2 aromatic rings. The first-order valence-corrected chi connectivity index (χ1v) is 9.23. The number of pyridine rings is 1. The topological polar surface area (TPSA) is 85.3 Å². The zero-order chi connectivity index (χ0) is 19.4. The zero-order valence-electron chi connectivity index (χ0n) is 16.1. The number of aromatic nitrogens is 4. The van der Waals surface area contributed by atoms with Gasteiger partial charge in [0.05, 0.1) is 11.2 Å². The van der Waals surface area contributed by atoms with Crippen LogP contribution in [0.25, 0.3) is 11.4 Å². The van der Waals surface area contributed by atoms with Crippen molar-refractivity contribution < 1.29 is 9.47 Å². The quantitative estimate of drug-likeness (QED) is 0.750. The van der Waals surface area contributed by atoms with E-state index in [2.05, 4.69) is 51.2 Å². The highest BCUT2D eigenvalue weighted by Gasteiger charge is 2.27. The Kier molecular flexibility index (Phi) is 6.08. The van der Waals surface area contributed by atoms with E-state index in [1.54, 1.807) is 19.4 Å². The molecule has 9 heteroatoms. The third kappa shape index (κ3) is 5.24. The van der Waals surface area contributed by atoms with Gasteiger partial charge in [0.25, 0.3) is 0 Å². The van der Waals surface area contributed by atoms with Crippen LogP contribution < -0.4 is 15.0 Å². The van der Waals surface area contributed by atoms with Gasteiger partial charge in [0.2, 0.25) is 5.95 Å². The Morgan fingerprint density at radius 2 is 2.07 bits per heavy atom. The number of anilines is 1. The number of nitrogens with zero attached hydrogens (tertiary/aromatic N) is 5. The number of nitrogens with one attached hydrogen (secondary N) is 1. The second-order valence-electron chi connectivity index (χ2n) is 7.52. The van der Waals surface area contributed by atoms with Crippen molar-refractivity contribution in [1.82, 2.24) is 25.5 Å². The SMILES string of the molecule is COCOc1cc(Cl)cnc1-c1cnc(N2CC[C@H](NC(C)(C)C)C2)nn1. The minimum atomic E-state index is 0.0858. The fourth-order valence-electron chi connectivity index (χ4n) is 3.04. The zero-order valence-corrected chi connectivity index (χ0v) is 16.8. The molecule has 27 heavy (non-hydrogen) atoms. The van der Waals surface area contributed by atoms with Crippen LogP contribution in [0.2, 0.25) is 5.02 Å². The maximum atomic E-state index is 6.01. The van der Waals surface area contributed by atoms with E-state index in [4.69, 9.17) is 21.1 Å². The summed E-state index contributed by atoms with van der Waals surface area (Å²) in [5.41, 5.74) is 1.13. The van der Waals surface area contributed by atoms with Crippen molar-refractivity contribution in [3.05, 3.63) is 23.5 Å². The molecule has 2 aromatic heterocycles. The Hall–Kier alpha value is -2.03. The van der Waals surface area contributed by atoms with Crippen LogP contribution in [0.5, 0.6) is 5.75 Å². The fourth-order valence-corrected chi connectivity index (χ4v) is 3.19. The van der Waals surface area contributed by atoms with Gasteiger partial charge in [-0.05, 0) is 27.2 Å². The molecule has 8 nitrogen and oxygen atoms in total. The lowest BCUT2D eigenvalue weighted by atomic mass is 10.1. The monoisotopic (exact) mass is 392 g/mol. The van der Waals surface area contributed by atoms with Crippen molar-refractivity contribution in [3.8, 4) is 17.1 Å². The largest absolute Gasteiger partial charge is 0.465 e. The highest BCUT2D eigenvalue weighted by atomic mass is 35.5. The summed E-state index contributed by atoms with van der Waals surface area (Å²) in [5, 5.41) is 12.7. The fraction of sp³-hybridized carbons (Fsp3) is 0.556. The highest BCUT2D eigenvalue weighted by molar-refractivity contribution is 6.30. The van der Waals surface area contributed by atoms with Crippen LogP contribution in [-0.2, 0) is 4.74 Å². The van der Waals surface area contributed by atoms with Gasteiger partial charge >= 0.3 is 0 Å². The van der Waals surface area contributed by atoms with E-state index in [-0.39, 0.29) is 12.3 Å². The van der Waals surface area contributed by atoms with E-state index in [1.807, 2.05) is 0 Å². The molecule has 1 aliphatic rings. The van der Waals surface area contributed by atoms with Crippen molar-refractivity contribution >= 4 is 17.5 Å². The summed E-state index contributed by atoms with van der Waals surface area (Å²) in [6.07, 6.45) is 4.24. The van der Waals surface area contributed by atoms with Gasteiger partial charge in [-0.3, -0.25) is 0 Å². The average Bonchev–Trinajstić information content (AvgIpc) is 3.07. The van der Waals surface area contributed by atoms with Crippen molar-refractivity contribution in [1.29, 1.82) is 0 Å². The summed E-state index contributed by atoms with van der Waals surface area (Å²) in [6, 6.07) is 2.09. The molecule has 0 unspecified atom stereocenters. The van der Waals surface area contributed by atoms with Crippen molar-refractivity contribution in [2.45, 2.75) is 38.8 Å². The molecule has 3 rings (SSSR count). The van der Waals surface area contributed by atoms with Crippen molar-refractivity contribution in [3.63, 3.8) is 0 Å². The smallest absolute Gasteiger partial charge is 0.245 e. The van der Waals surface area contributed by atoms with Gasteiger partial charge in [0.15, 0.2) is 12.5 Å². The molecular formula is C18H25ClN6O2. The maximum absolute atomic E-state index is 6.01. The third-order valence-electron chi connectivity index (χ3n) is 4.05. The molecule has 146 valence electrons. The minimum Gasteiger partial charge on any atom is -0.465 e. The van der Waals surface area contributed by atoms with E-state index in [1.165, 1.54) is 6.20 Å². The molecule has 0 aromatic carbocycles. The number of halogens is 1.